The second-order valence-corrected chi connectivity index (χ2v) is 5.12. The van der Waals surface area contributed by atoms with Gasteiger partial charge in [-0.3, -0.25) is 19.2 Å². The number of ketones is 1. The molecule has 0 aliphatic rings. The van der Waals surface area contributed by atoms with E-state index in [1.54, 1.807) is 19.1 Å². The topological polar surface area (TPSA) is 118 Å². The average molecular weight is 319 g/mol. The molecular weight excluding hydrogens is 298 g/mol. The van der Waals surface area contributed by atoms with Gasteiger partial charge in [-0.25, -0.2) is 0 Å². The third-order valence-electron chi connectivity index (χ3n) is 3.22. The highest BCUT2D eigenvalue weighted by Crippen LogP contribution is 2.10. The summed E-state index contributed by atoms with van der Waals surface area (Å²) < 4.78 is 0. The lowest BCUT2D eigenvalue weighted by Gasteiger charge is -2.15. The Morgan fingerprint density at radius 3 is 2.22 bits per heavy atom. The minimum Gasteiger partial charge on any atom is -0.368 e. The molecule has 1 rings (SSSR count). The molecule has 0 saturated carbocycles. The van der Waals surface area contributed by atoms with Gasteiger partial charge in [-0.15, -0.1) is 0 Å². The van der Waals surface area contributed by atoms with E-state index in [1.807, 2.05) is 0 Å². The number of nitrogens with one attached hydrogen (secondary N) is 2. The van der Waals surface area contributed by atoms with Crippen LogP contribution in [0.2, 0.25) is 0 Å². The van der Waals surface area contributed by atoms with Crippen LogP contribution in [0.5, 0.6) is 0 Å². The number of hydrogen-bond acceptors (Lipinski definition) is 4. The number of carbonyl (C=O) groups is 4. The van der Waals surface area contributed by atoms with Crippen LogP contribution in [-0.4, -0.2) is 29.5 Å². The monoisotopic (exact) mass is 319 g/mol. The average Bonchev–Trinajstić information content (AvgIpc) is 2.50. The van der Waals surface area contributed by atoms with Crippen LogP contribution in [0.1, 0.15) is 43.5 Å². The van der Waals surface area contributed by atoms with Gasteiger partial charge in [0.05, 0.1) is 0 Å². The molecule has 0 spiro atoms. The van der Waals surface area contributed by atoms with Gasteiger partial charge in [-0.05, 0) is 30.7 Å². The number of carbonyl (C=O) groups excluding carboxylic acids is 4. The third-order valence-corrected chi connectivity index (χ3v) is 3.22. The smallest absolute Gasteiger partial charge is 0.251 e. The van der Waals surface area contributed by atoms with E-state index in [2.05, 4.69) is 10.6 Å². The van der Waals surface area contributed by atoms with Crippen LogP contribution in [0.15, 0.2) is 24.3 Å². The summed E-state index contributed by atoms with van der Waals surface area (Å²) in [4.78, 5) is 45.8. The summed E-state index contributed by atoms with van der Waals surface area (Å²) in [6.07, 6.45) is 0.744. The number of Topliss-reactive ketones (excluding diaryl/α,β-unsaturated/α-hetero) is 1. The standard InChI is InChI=1S/C16H21N3O4/c1-3-13(21)8-9-14(15(17)22)19-16(23)11-4-6-12(7-5-11)18-10(2)20/h4-7,14H,3,8-9H2,1-2H3,(H2,17,22)(H,18,20)(H,19,23)/t14-/m1/s1. The minimum atomic E-state index is -0.895. The zero-order chi connectivity index (χ0) is 17.4. The van der Waals surface area contributed by atoms with Gasteiger partial charge in [0, 0.05) is 31.0 Å². The number of anilines is 1. The third kappa shape index (κ3) is 6.29. The van der Waals surface area contributed by atoms with E-state index in [0.29, 0.717) is 17.7 Å². The first-order valence-corrected chi connectivity index (χ1v) is 7.33. The molecule has 0 aromatic heterocycles. The van der Waals surface area contributed by atoms with Crippen molar-refractivity contribution in [2.75, 3.05) is 5.32 Å². The first kappa shape index (κ1) is 18.3. The second kappa shape index (κ2) is 8.67. The lowest BCUT2D eigenvalue weighted by atomic mass is 10.1. The molecule has 23 heavy (non-hydrogen) atoms. The molecule has 0 saturated heterocycles. The molecule has 0 heterocycles. The zero-order valence-electron chi connectivity index (χ0n) is 13.2. The molecule has 1 atom stereocenters. The van der Waals surface area contributed by atoms with E-state index < -0.39 is 17.9 Å². The molecule has 0 aliphatic heterocycles. The van der Waals surface area contributed by atoms with Crippen molar-refractivity contribution in [3.8, 4) is 0 Å². The Morgan fingerprint density at radius 2 is 1.74 bits per heavy atom. The summed E-state index contributed by atoms with van der Waals surface area (Å²) in [6, 6.07) is 5.31. The van der Waals surface area contributed by atoms with Crippen molar-refractivity contribution in [2.24, 2.45) is 5.73 Å². The van der Waals surface area contributed by atoms with Gasteiger partial charge >= 0.3 is 0 Å². The van der Waals surface area contributed by atoms with Gasteiger partial charge in [0.2, 0.25) is 11.8 Å². The second-order valence-electron chi connectivity index (χ2n) is 5.12. The molecule has 124 valence electrons. The van der Waals surface area contributed by atoms with Crippen molar-refractivity contribution < 1.29 is 19.2 Å². The molecular formula is C16H21N3O4. The van der Waals surface area contributed by atoms with E-state index in [0.717, 1.165) is 0 Å². The number of nitrogens with two attached hydrogens (primary N) is 1. The molecule has 0 unspecified atom stereocenters. The fraction of sp³-hybridized carbons (Fsp3) is 0.375. The van der Waals surface area contributed by atoms with Gasteiger partial charge in [0.25, 0.3) is 5.91 Å². The van der Waals surface area contributed by atoms with Gasteiger partial charge in [0.1, 0.15) is 11.8 Å². The number of amides is 3. The molecule has 3 amide bonds. The highest BCUT2D eigenvalue weighted by molar-refractivity contribution is 5.98. The zero-order valence-corrected chi connectivity index (χ0v) is 13.2. The van der Waals surface area contributed by atoms with Crippen LogP contribution >= 0.6 is 0 Å². The molecule has 0 aliphatic carbocycles. The number of rotatable bonds is 8. The highest BCUT2D eigenvalue weighted by Gasteiger charge is 2.19. The Hall–Kier alpha value is -2.70. The number of benzene rings is 1. The van der Waals surface area contributed by atoms with Crippen molar-refractivity contribution in [1.82, 2.24) is 5.32 Å². The lowest BCUT2D eigenvalue weighted by Crippen LogP contribution is -2.44. The maximum absolute atomic E-state index is 12.1. The molecule has 1 aromatic rings. The van der Waals surface area contributed by atoms with Crippen molar-refractivity contribution in [1.29, 1.82) is 0 Å². The van der Waals surface area contributed by atoms with Crippen LogP contribution in [0, 0.1) is 0 Å². The fourth-order valence-corrected chi connectivity index (χ4v) is 1.92. The lowest BCUT2D eigenvalue weighted by molar-refractivity contribution is -0.121. The first-order chi connectivity index (χ1) is 10.8. The normalized spacial score (nSPS) is 11.4. The van der Waals surface area contributed by atoms with Crippen molar-refractivity contribution >= 4 is 29.2 Å². The summed E-state index contributed by atoms with van der Waals surface area (Å²) in [5, 5.41) is 5.11. The molecule has 4 N–H and O–H groups in total. The van der Waals surface area contributed by atoms with E-state index in [1.165, 1.54) is 19.1 Å². The van der Waals surface area contributed by atoms with Gasteiger partial charge in [-0.2, -0.15) is 0 Å². The van der Waals surface area contributed by atoms with Crippen LogP contribution in [0.4, 0.5) is 5.69 Å². The Bertz CT molecular complexity index is 596. The van der Waals surface area contributed by atoms with E-state index in [-0.39, 0.29) is 24.5 Å². The number of primary amides is 1. The van der Waals surface area contributed by atoms with Crippen LogP contribution < -0.4 is 16.4 Å². The van der Waals surface area contributed by atoms with Crippen LogP contribution in [0.25, 0.3) is 0 Å². The van der Waals surface area contributed by atoms with E-state index >= 15 is 0 Å². The predicted molar refractivity (Wildman–Crippen MR) is 85.7 cm³/mol. The van der Waals surface area contributed by atoms with Crippen LogP contribution in [0.3, 0.4) is 0 Å². The maximum Gasteiger partial charge on any atom is 0.251 e. The van der Waals surface area contributed by atoms with Gasteiger partial charge < -0.3 is 16.4 Å². The van der Waals surface area contributed by atoms with E-state index in [4.69, 9.17) is 5.73 Å². The quantitative estimate of drug-likeness (QED) is 0.662. The molecule has 7 heteroatoms. The summed E-state index contributed by atoms with van der Waals surface area (Å²) in [7, 11) is 0. The predicted octanol–water partition coefficient (Wildman–Crippen LogP) is 0.988. The Balaban J connectivity index is 2.69. The molecule has 1 aromatic carbocycles. The summed E-state index contributed by atoms with van der Waals surface area (Å²) in [6.45, 7) is 3.12. The van der Waals surface area contributed by atoms with Crippen molar-refractivity contribution in [3.05, 3.63) is 29.8 Å². The molecule has 0 fully saturated rings. The fourth-order valence-electron chi connectivity index (χ4n) is 1.92. The summed E-state index contributed by atoms with van der Waals surface area (Å²) >= 11 is 0. The van der Waals surface area contributed by atoms with Crippen molar-refractivity contribution in [2.45, 2.75) is 39.2 Å². The minimum absolute atomic E-state index is 0.00478. The highest BCUT2D eigenvalue weighted by atomic mass is 16.2. The van der Waals surface area contributed by atoms with Crippen LogP contribution in [-0.2, 0) is 14.4 Å². The van der Waals surface area contributed by atoms with Gasteiger partial charge in [0.15, 0.2) is 0 Å². The van der Waals surface area contributed by atoms with E-state index in [9.17, 15) is 19.2 Å². The SMILES string of the molecule is CCC(=O)CC[C@@H](NC(=O)c1ccc(NC(C)=O)cc1)C(N)=O. The largest absolute Gasteiger partial charge is 0.368 e. The molecule has 0 bridgehead atoms. The Morgan fingerprint density at radius 1 is 1.13 bits per heavy atom. The maximum atomic E-state index is 12.1. The Labute approximate surface area is 134 Å². The summed E-state index contributed by atoms with van der Waals surface area (Å²) in [5.74, 6) is -1.36. The van der Waals surface area contributed by atoms with Gasteiger partial charge in [-0.1, -0.05) is 6.92 Å². The molecule has 7 nitrogen and oxygen atoms in total. The summed E-state index contributed by atoms with van der Waals surface area (Å²) in [5.41, 5.74) is 6.15. The number of hydrogen-bond donors (Lipinski definition) is 3. The van der Waals surface area contributed by atoms with Crippen molar-refractivity contribution in [3.63, 3.8) is 0 Å². The Kier molecular flexibility index (Phi) is 6.92. The molecule has 0 radical (unpaired) electrons. The first-order valence-electron chi connectivity index (χ1n) is 7.33.